The Morgan fingerprint density at radius 2 is 2.20 bits per heavy atom. The van der Waals surface area contributed by atoms with Gasteiger partial charge < -0.3 is 9.84 Å². The molecule has 0 fully saturated rings. The first-order valence-electron chi connectivity index (χ1n) is 4.20. The molecule has 0 radical (unpaired) electrons. The summed E-state index contributed by atoms with van der Waals surface area (Å²) in [6.07, 6.45) is -0.834. The first-order chi connectivity index (χ1) is 6.95. The van der Waals surface area contributed by atoms with Crippen LogP contribution < -0.4 is 4.74 Å². The van der Waals surface area contributed by atoms with Crippen LogP contribution in [0.15, 0.2) is 24.3 Å². The monoisotopic (exact) mass is 216 g/mol. The van der Waals surface area contributed by atoms with Gasteiger partial charge >= 0.3 is 11.9 Å². The largest absolute Gasteiger partial charge is 0.497 e. The van der Waals surface area contributed by atoms with Crippen LogP contribution in [0.5, 0.6) is 5.75 Å². The van der Waals surface area contributed by atoms with Gasteiger partial charge in [0.25, 0.3) is 0 Å². The lowest BCUT2D eigenvalue weighted by molar-refractivity contribution is -0.164. The molecule has 0 aromatic heterocycles. The molecular weight excluding hydrogens is 206 g/mol. The van der Waals surface area contributed by atoms with Crippen LogP contribution >= 0.6 is 0 Å². The number of benzene rings is 1. The molecule has 0 unspecified atom stereocenters. The number of aliphatic carboxylic acids is 1. The maximum atomic E-state index is 12.8. The molecule has 0 heterocycles. The lowest BCUT2D eigenvalue weighted by atomic mass is 10.1. The average molecular weight is 216 g/mol. The number of carboxylic acids is 1. The minimum absolute atomic E-state index is 0.224. The van der Waals surface area contributed by atoms with Crippen LogP contribution in [0.3, 0.4) is 0 Å². The van der Waals surface area contributed by atoms with Gasteiger partial charge in [-0.1, -0.05) is 12.1 Å². The second-order valence-corrected chi connectivity index (χ2v) is 3.04. The standard InChI is InChI=1S/C10H10F2O3/c1-15-8-4-2-3-7(5-8)6-10(11,12)9(13)14/h2-5H,6H2,1H3,(H,13,14). The van der Waals surface area contributed by atoms with Crippen molar-refractivity contribution in [2.75, 3.05) is 7.11 Å². The summed E-state index contributed by atoms with van der Waals surface area (Å²) < 4.78 is 30.5. The third-order valence-electron chi connectivity index (χ3n) is 1.87. The van der Waals surface area contributed by atoms with E-state index in [0.717, 1.165) is 0 Å². The normalized spacial score (nSPS) is 11.1. The zero-order valence-corrected chi connectivity index (χ0v) is 8.04. The lowest BCUT2D eigenvalue weighted by Gasteiger charge is -2.11. The van der Waals surface area contributed by atoms with Crippen molar-refractivity contribution >= 4 is 5.97 Å². The van der Waals surface area contributed by atoms with Crippen LogP contribution in [0.4, 0.5) is 8.78 Å². The van der Waals surface area contributed by atoms with Gasteiger partial charge in [-0.05, 0) is 17.7 Å². The van der Waals surface area contributed by atoms with Crippen molar-refractivity contribution in [3.8, 4) is 5.75 Å². The first-order valence-corrected chi connectivity index (χ1v) is 4.20. The molecule has 5 heteroatoms. The van der Waals surface area contributed by atoms with E-state index in [4.69, 9.17) is 9.84 Å². The van der Waals surface area contributed by atoms with Crippen LogP contribution in [0.1, 0.15) is 5.56 Å². The molecule has 0 saturated heterocycles. The van der Waals surface area contributed by atoms with E-state index in [0.29, 0.717) is 5.75 Å². The fourth-order valence-corrected chi connectivity index (χ4v) is 1.11. The van der Waals surface area contributed by atoms with Crippen LogP contribution in [0, 0.1) is 0 Å². The zero-order valence-electron chi connectivity index (χ0n) is 8.04. The third-order valence-corrected chi connectivity index (χ3v) is 1.87. The van der Waals surface area contributed by atoms with E-state index in [2.05, 4.69) is 0 Å². The van der Waals surface area contributed by atoms with Crippen molar-refractivity contribution in [2.45, 2.75) is 12.3 Å². The highest BCUT2D eigenvalue weighted by Crippen LogP contribution is 2.22. The van der Waals surface area contributed by atoms with Gasteiger partial charge in [-0.3, -0.25) is 0 Å². The highest BCUT2D eigenvalue weighted by atomic mass is 19.3. The summed E-state index contributed by atoms with van der Waals surface area (Å²) in [6, 6.07) is 5.95. The number of methoxy groups -OCH3 is 1. The van der Waals surface area contributed by atoms with Crippen LogP contribution in [0.2, 0.25) is 0 Å². The molecule has 0 aliphatic rings. The van der Waals surface area contributed by atoms with Gasteiger partial charge in [0.15, 0.2) is 0 Å². The summed E-state index contributed by atoms with van der Waals surface area (Å²) in [7, 11) is 1.41. The Hall–Kier alpha value is -1.65. The number of ether oxygens (including phenoxy) is 1. The highest BCUT2D eigenvalue weighted by molar-refractivity contribution is 5.75. The van der Waals surface area contributed by atoms with E-state index in [-0.39, 0.29) is 5.56 Å². The summed E-state index contributed by atoms with van der Waals surface area (Å²) in [5.41, 5.74) is 0.224. The van der Waals surface area contributed by atoms with Crippen molar-refractivity contribution in [1.82, 2.24) is 0 Å². The Bertz CT molecular complexity index is 363. The Balaban J connectivity index is 2.85. The predicted molar refractivity (Wildman–Crippen MR) is 49.3 cm³/mol. The SMILES string of the molecule is COc1cccc(CC(F)(F)C(=O)O)c1. The molecule has 1 aromatic carbocycles. The van der Waals surface area contributed by atoms with Crippen molar-refractivity contribution in [1.29, 1.82) is 0 Å². The number of rotatable bonds is 4. The molecule has 3 nitrogen and oxygen atoms in total. The summed E-state index contributed by atoms with van der Waals surface area (Å²) in [5, 5.41) is 8.25. The van der Waals surface area contributed by atoms with Crippen molar-refractivity contribution in [2.24, 2.45) is 0 Å². The first kappa shape index (κ1) is 11.4. The molecule has 0 aliphatic heterocycles. The van der Waals surface area contributed by atoms with Crippen molar-refractivity contribution < 1.29 is 23.4 Å². The maximum Gasteiger partial charge on any atom is 0.374 e. The highest BCUT2D eigenvalue weighted by Gasteiger charge is 2.38. The van der Waals surface area contributed by atoms with E-state index in [1.807, 2.05) is 0 Å². The third kappa shape index (κ3) is 2.90. The molecular formula is C10H10F2O3. The Kier molecular flexibility index (Phi) is 3.24. The van der Waals surface area contributed by atoms with Crippen LogP contribution in [0.25, 0.3) is 0 Å². The Morgan fingerprint density at radius 3 is 2.73 bits per heavy atom. The molecule has 1 aromatic rings. The van der Waals surface area contributed by atoms with Gasteiger partial charge in [0.2, 0.25) is 0 Å². The second kappa shape index (κ2) is 4.25. The van der Waals surface area contributed by atoms with E-state index in [9.17, 15) is 13.6 Å². The van der Waals surface area contributed by atoms with Gasteiger partial charge in [-0.2, -0.15) is 8.78 Å². The predicted octanol–water partition coefficient (Wildman–Crippen LogP) is 1.96. The lowest BCUT2D eigenvalue weighted by Crippen LogP contribution is -2.30. The maximum absolute atomic E-state index is 12.8. The number of alkyl halides is 2. The van der Waals surface area contributed by atoms with Crippen LogP contribution in [-0.4, -0.2) is 24.1 Å². The van der Waals surface area contributed by atoms with E-state index >= 15 is 0 Å². The Labute approximate surface area is 85.3 Å². The molecule has 0 amide bonds. The molecule has 0 aliphatic carbocycles. The molecule has 15 heavy (non-hydrogen) atoms. The van der Waals surface area contributed by atoms with Crippen molar-refractivity contribution in [3.63, 3.8) is 0 Å². The minimum atomic E-state index is -3.74. The van der Waals surface area contributed by atoms with Crippen LogP contribution in [-0.2, 0) is 11.2 Å². The van der Waals surface area contributed by atoms with Gasteiger partial charge in [0.05, 0.1) is 7.11 Å². The molecule has 0 atom stereocenters. The minimum Gasteiger partial charge on any atom is -0.497 e. The molecule has 0 bridgehead atoms. The molecule has 1 N–H and O–H groups in total. The zero-order chi connectivity index (χ0) is 11.5. The fraction of sp³-hybridized carbons (Fsp3) is 0.300. The van der Waals surface area contributed by atoms with E-state index in [1.165, 1.54) is 25.3 Å². The fourth-order valence-electron chi connectivity index (χ4n) is 1.11. The summed E-state index contributed by atoms with van der Waals surface area (Å²) in [5.74, 6) is -5.44. The Morgan fingerprint density at radius 1 is 1.53 bits per heavy atom. The second-order valence-electron chi connectivity index (χ2n) is 3.04. The average Bonchev–Trinajstić information content (AvgIpc) is 2.17. The molecule has 82 valence electrons. The van der Waals surface area contributed by atoms with Gasteiger partial charge in [-0.15, -0.1) is 0 Å². The number of hydrogen-bond acceptors (Lipinski definition) is 2. The quantitative estimate of drug-likeness (QED) is 0.836. The van der Waals surface area contributed by atoms with Gasteiger partial charge in [0.1, 0.15) is 5.75 Å². The number of carboxylic acid groups (broad SMARTS) is 1. The summed E-state index contributed by atoms with van der Waals surface area (Å²) in [6.45, 7) is 0. The molecule has 0 spiro atoms. The summed E-state index contributed by atoms with van der Waals surface area (Å²) >= 11 is 0. The number of carbonyl (C=O) groups is 1. The smallest absolute Gasteiger partial charge is 0.374 e. The molecule has 1 rings (SSSR count). The van der Waals surface area contributed by atoms with E-state index in [1.54, 1.807) is 6.07 Å². The molecule has 0 saturated carbocycles. The number of hydrogen-bond donors (Lipinski definition) is 1. The van der Waals surface area contributed by atoms with Crippen molar-refractivity contribution in [3.05, 3.63) is 29.8 Å². The van der Waals surface area contributed by atoms with E-state index < -0.39 is 18.3 Å². The summed E-state index contributed by atoms with van der Waals surface area (Å²) in [4.78, 5) is 10.2. The number of halogens is 2. The topological polar surface area (TPSA) is 46.5 Å². The van der Waals surface area contributed by atoms with Gasteiger partial charge in [0, 0.05) is 6.42 Å². The van der Waals surface area contributed by atoms with Gasteiger partial charge in [-0.25, -0.2) is 4.79 Å².